The predicted octanol–water partition coefficient (Wildman–Crippen LogP) is 3.17. The number of H-pyrrole nitrogens is 1. The van der Waals surface area contributed by atoms with E-state index in [4.69, 9.17) is 16.3 Å². The number of hydrogen-bond donors (Lipinski definition) is 1. The lowest BCUT2D eigenvalue weighted by atomic mass is 10.1. The predicted molar refractivity (Wildman–Crippen MR) is 72.8 cm³/mol. The molecule has 4 nitrogen and oxygen atoms in total. The number of hydrogen-bond acceptors (Lipinski definition) is 3. The third-order valence-corrected chi connectivity index (χ3v) is 3.31. The summed E-state index contributed by atoms with van der Waals surface area (Å²) in [6.07, 6.45) is 3.53. The van der Waals surface area contributed by atoms with Crippen LogP contribution in [-0.4, -0.2) is 10.2 Å². The molecule has 3 rings (SSSR count). The van der Waals surface area contributed by atoms with E-state index < -0.39 is 0 Å². The van der Waals surface area contributed by atoms with Crippen molar-refractivity contribution in [3.8, 4) is 11.6 Å². The molecule has 2 aromatic rings. The van der Waals surface area contributed by atoms with Gasteiger partial charge in [-0.2, -0.15) is 0 Å². The SMILES string of the molecule is O=c1cc(Cl)[nH]nc1Oc1ccccc1CC1CC1. The Morgan fingerprint density at radius 3 is 2.89 bits per heavy atom. The van der Waals surface area contributed by atoms with E-state index >= 15 is 0 Å². The molecule has 1 aliphatic rings. The van der Waals surface area contributed by atoms with Crippen LogP contribution in [0.1, 0.15) is 18.4 Å². The van der Waals surface area contributed by atoms with Crippen molar-refractivity contribution in [2.24, 2.45) is 5.92 Å². The lowest BCUT2D eigenvalue weighted by Gasteiger charge is -2.09. The fourth-order valence-electron chi connectivity index (χ4n) is 1.95. The molecule has 0 unspecified atom stereocenters. The van der Waals surface area contributed by atoms with Crippen LogP contribution in [0, 0.1) is 5.92 Å². The van der Waals surface area contributed by atoms with Gasteiger partial charge in [-0.25, -0.2) is 0 Å². The summed E-state index contributed by atoms with van der Waals surface area (Å²) in [5, 5.41) is 6.54. The highest BCUT2D eigenvalue weighted by molar-refractivity contribution is 6.29. The van der Waals surface area contributed by atoms with Gasteiger partial charge < -0.3 is 4.74 Å². The van der Waals surface area contributed by atoms with Crippen molar-refractivity contribution in [1.82, 2.24) is 10.2 Å². The molecule has 1 aliphatic carbocycles. The number of para-hydroxylation sites is 1. The third-order valence-electron chi connectivity index (χ3n) is 3.12. The summed E-state index contributed by atoms with van der Waals surface area (Å²) < 4.78 is 5.61. The van der Waals surface area contributed by atoms with Gasteiger partial charge in [0.05, 0.1) is 0 Å². The second-order valence-corrected chi connectivity index (χ2v) is 5.15. The molecule has 0 saturated heterocycles. The molecule has 1 heterocycles. The zero-order valence-corrected chi connectivity index (χ0v) is 11.0. The molecule has 0 amide bonds. The highest BCUT2D eigenvalue weighted by Gasteiger charge is 2.23. The average Bonchev–Trinajstić information content (AvgIpc) is 3.19. The highest BCUT2D eigenvalue weighted by atomic mass is 35.5. The molecular formula is C14H13ClN2O2. The highest BCUT2D eigenvalue weighted by Crippen LogP contribution is 2.35. The Hall–Kier alpha value is -1.81. The van der Waals surface area contributed by atoms with E-state index in [1.807, 2.05) is 24.3 Å². The summed E-state index contributed by atoms with van der Waals surface area (Å²) >= 11 is 5.65. The topological polar surface area (TPSA) is 55.0 Å². The Bertz CT molecular complexity index is 650. The van der Waals surface area contributed by atoms with Crippen molar-refractivity contribution >= 4 is 11.6 Å². The van der Waals surface area contributed by atoms with Gasteiger partial charge in [-0.15, -0.1) is 5.10 Å². The Morgan fingerprint density at radius 1 is 1.37 bits per heavy atom. The first-order valence-corrected chi connectivity index (χ1v) is 6.61. The molecule has 0 aliphatic heterocycles. The molecule has 0 atom stereocenters. The van der Waals surface area contributed by atoms with Gasteiger partial charge in [0, 0.05) is 6.07 Å². The summed E-state index contributed by atoms with van der Waals surface area (Å²) in [7, 11) is 0. The summed E-state index contributed by atoms with van der Waals surface area (Å²) in [4.78, 5) is 11.7. The maximum atomic E-state index is 11.7. The van der Waals surface area contributed by atoms with Crippen LogP contribution in [0.3, 0.4) is 0 Å². The first-order chi connectivity index (χ1) is 9.22. The molecule has 1 aromatic carbocycles. The number of ether oxygens (including phenoxy) is 1. The second-order valence-electron chi connectivity index (χ2n) is 4.74. The van der Waals surface area contributed by atoms with Crippen LogP contribution in [-0.2, 0) is 6.42 Å². The van der Waals surface area contributed by atoms with E-state index in [0.717, 1.165) is 17.9 Å². The average molecular weight is 277 g/mol. The normalized spacial score (nSPS) is 14.4. The summed E-state index contributed by atoms with van der Waals surface area (Å²) in [6, 6.07) is 9.00. The minimum atomic E-state index is -0.329. The summed E-state index contributed by atoms with van der Waals surface area (Å²) in [5.74, 6) is 1.46. The van der Waals surface area contributed by atoms with Gasteiger partial charge in [0.25, 0.3) is 5.88 Å². The van der Waals surface area contributed by atoms with Gasteiger partial charge in [0.1, 0.15) is 10.9 Å². The summed E-state index contributed by atoms with van der Waals surface area (Å²) in [6.45, 7) is 0. The van der Waals surface area contributed by atoms with Crippen molar-refractivity contribution < 1.29 is 4.74 Å². The maximum absolute atomic E-state index is 11.7. The molecule has 1 N–H and O–H groups in total. The molecule has 0 bridgehead atoms. The molecular weight excluding hydrogens is 264 g/mol. The van der Waals surface area contributed by atoms with Gasteiger partial charge in [0.2, 0.25) is 5.43 Å². The van der Waals surface area contributed by atoms with E-state index in [0.29, 0.717) is 5.75 Å². The van der Waals surface area contributed by atoms with Crippen molar-refractivity contribution in [2.75, 3.05) is 0 Å². The molecule has 0 radical (unpaired) electrons. The van der Waals surface area contributed by atoms with Gasteiger partial charge in [0.15, 0.2) is 0 Å². The molecule has 1 fully saturated rings. The third kappa shape index (κ3) is 2.96. The quantitative estimate of drug-likeness (QED) is 0.933. The Kier molecular flexibility index (Phi) is 3.25. The first-order valence-electron chi connectivity index (χ1n) is 6.23. The van der Waals surface area contributed by atoms with Crippen LogP contribution < -0.4 is 10.2 Å². The van der Waals surface area contributed by atoms with Crippen LogP contribution >= 0.6 is 11.6 Å². The van der Waals surface area contributed by atoms with E-state index in [-0.39, 0.29) is 16.5 Å². The number of rotatable bonds is 4. The number of aromatic nitrogens is 2. The largest absolute Gasteiger partial charge is 0.434 e. The van der Waals surface area contributed by atoms with E-state index in [9.17, 15) is 4.79 Å². The number of aromatic amines is 1. The number of nitrogens with zero attached hydrogens (tertiary/aromatic N) is 1. The van der Waals surface area contributed by atoms with E-state index in [2.05, 4.69) is 10.2 Å². The summed E-state index contributed by atoms with van der Waals surface area (Å²) in [5.41, 5.74) is 0.783. The number of halogens is 1. The molecule has 98 valence electrons. The molecule has 0 spiro atoms. The molecule has 19 heavy (non-hydrogen) atoms. The minimum Gasteiger partial charge on any atom is -0.434 e. The Morgan fingerprint density at radius 2 is 2.16 bits per heavy atom. The minimum absolute atomic E-state index is 0.0210. The van der Waals surface area contributed by atoms with E-state index in [1.54, 1.807) is 0 Å². The zero-order chi connectivity index (χ0) is 13.2. The van der Waals surface area contributed by atoms with E-state index in [1.165, 1.54) is 18.9 Å². The Labute approximate surface area is 115 Å². The van der Waals surface area contributed by atoms with Gasteiger partial charge in [-0.1, -0.05) is 29.8 Å². The van der Waals surface area contributed by atoms with Crippen LogP contribution in [0.4, 0.5) is 0 Å². The molecule has 1 aromatic heterocycles. The van der Waals surface area contributed by atoms with Crippen LogP contribution in [0.15, 0.2) is 35.1 Å². The van der Waals surface area contributed by atoms with Crippen LogP contribution in [0.5, 0.6) is 11.6 Å². The molecule has 5 heteroatoms. The van der Waals surface area contributed by atoms with Crippen molar-refractivity contribution in [3.05, 3.63) is 51.3 Å². The van der Waals surface area contributed by atoms with Gasteiger partial charge >= 0.3 is 0 Å². The Balaban J connectivity index is 1.87. The van der Waals surface area contributed by atoms with Crippen LogP contribution in [0.25, 0.3) is 0 Å². The number of nitrogens with one attached hydrogen (secondary N) is 1. The fourth-order valence-corrected chi connectivity index (χ4v) is 2.09. The van der Waals surface area contributed by atoms with Crippen molar-refractivity contribution in [1.29, 1.82) is 0 Å². The van der Waals surface area contributed by atoms with Crippen LogP contribution in [0.2, 0.25) is 5.15 Å². The second kappa shape index (κ2) is 5.05. The smallest absolute Gasteiger partial charge is 0.285 e. The lowest BCUT2D eigenvalue weighted by molar-refractivity contribution is 0.443. The van der Waals surface area contributed by atoms with Gasteiger partial charge in [-0.05, 0) is 36.8 Å². The monoisotopic (exact) mass is 276 g/mol. The standard InChI is InChI=1S/C14H13ClN2O2/c15-13-8-11(18)14(17-16-13)19-12-4-2-1-3-10(12)7-9-5-6-9/h1-4,8-9H,5-7H2,(H,16,18). The first kappa shape index (κ1) is 12.2. The van der Waals surface area contributed by atoms with Gasteiger partial charge in [-0.3, -0.25) is 9.89 Å². The molecule has 1 saturated carbocycles. The lowest BCUT2D eigenvalue weighted by Crippen LogP contribution is -2.08. The van der Waals surface area contributed by atoms with Crippen molar-refractivity contribution in [3.63, 3.8) is 0 Å². The zero-order valence-electron chi connectivity index (χ0n) is 10.2. The number of benzene rings is 1. The maximum Gasteiger partial charge on any atom is 0.285 e. The fraction of sp³-hybridized carbons (Fsp3) is 0.286. The van der Waals surface area contributed by atoms with Crippen molar-refractivity contribution in [2.45, 2.75) is 19.3 Å².